The number of aryl methyl sites for hydroxylation is 1. The number of aliphatic hydroxyl groups is 1. The molecule has 0 spiro atoms. The Morgan fingerprint density at radius 1 is 1.44 bits per heavy atom. The predicted octanol–water partition coefficient (Wildman–Crippen LogP) is 2.05. The molecule has 0 saturated carbocycles. The molecular formula is C12H13NO3. The maximum atomic E-state index is 9.19. The van der Waals surface area contributed by atoms with Crippen LogP contribution in [-0.4, -0.2) is 10.3 Å². The van der Waals surface area contributed by atoms with Gasteiger partial charge in [-0.2, -0.15) is 0 Å². The van der Waals surface area contributed by atoms with Gasteiger partial charge in [-0.05, 0) is 13.0 Å². The molecule has 0 saturated heterocycles. The van der Waals surface area contributed by atoms with E-state index in [4.69, 9.17) is 9.26 Å². The largest absolute Gasteiger partial charge is 0.488 e. The molecule has 16 heavy (non-hydrogen) atoms. The van der Waals surface area contributed by atoms with Crippen molar-refractivity contribution in [2.24, 2.45) is 0 Å². The van der Waals surface area contributed by atoms with Crippen molar-refractivity contribution < 1.29 is 14.4 Å². The number of ether oxygens (including phenoxy) is 1. The van der Waals surface area contributed by atoms with Gasteiger partial charge in [-0.1, -0.05) is 22.9 Å². The molecule has 0 aliphatic rings. The van der Waals surface area contributed by atoms with E-state index in [1.54, 1.807) is 6.20 Å². The van der Waals surface area contributed by atoms with Crippen molar-refractivity contribution in [3.63, 3.8) is 0 Å². The molecule has 1 aromatic heterocycles. The zero-order valence-electron chi connectivity index (χ0n) is 9.01. The van der Waals surface area contributed by atoms with Crippen LogP contribution in [0.1, 0.15) is 16.7 Å². The lowest BCUT2D eigenvalue weighted by atomic mass is 10.1. The van der Waals surface area contributed by atoms with Crippen LogP contribution in [0.3, 0.4) is 0 Å². The van der Waals surface area contributed by atoms with Crippen LogP contribution >= 0.6 is 0 Å². The summed E-state index contributed by atoms with van der Waals surface area (Å²) in [6.45, 7) is 2.34. The summed E-state index contributed by atoms with van der Waals surface area (Å²) in [6.07, 6.45) is 3.14. The summed E-state index contributed by atoms with van der Waals surface area (Å²) in [7, 11) is 0. The number of benzene rings is 1. The van der Waals surface area contributed by atoms with E-state index in [1.807, 2.05) is 25.1 Å². The molecule has 0 atom stereocenters. The second-order valence-electron chi connectivity index (χ2n) is 3.59. The molecule has 2 aromatic rings. The van der Waals surface area contributed by atoms with Crippen molar-refractivity contribution in [1.29, 1.82) is 0 Å². The average molecular weight is 219 g/mol. The summed E-state index contributed by atoms with van der Waals surface area (Å²) in [4.78, 5) is 0. The van der Waals surface area contributed by atoms with Gasteiger partial charge in [0.05, 0.1) is 12.8 Å². The van der Waals surface area contributed by atoms with E-state index >= 15 is 0 Å². The Balaban J connectivity index is 2.09. The Bertz CT molecular complexity index is 451. The Labute approximate surface area is 93.5 Å². The zero-order chi connectivity index (χ0) is 11.4. The molecule has 0 bridgehead atoms. The van der Waals surface area contributed by atoms with Crippen molar-refractivity contribution in [1.82, 2.24) is 5.16 Å². The molecule has 4 nitrogen and oxygen atoms in total. The van der Waals surface area contributed by atoms with E-state index in [0.717, 1.165) is 16.7 Å². The Morgan fingerprint density at radius 2 is 2.31 bits per heavy atom. The molecule has 0 radical (unpaired) electrons. The quantitative estimate of drug-likeness (QED) is 0.855. The van der Waals surface area contributed by atoms with Crippen molar-refractivity contribution in [3.8, 4) is 5.75 Å². The van der Waals surface area contributed by atoms with Gasteiger partial charge in [0.2, 0.25) is 0 Å². The van der Waals surface area contributed by atoms with Crippen LogP contribution < -0.4 is 4.74 Å². The van der Waals surface area contributed by atoms with Crippen molar-refractivity contribution >= 4 is 0 Å². The number of hydrogen-bond acceptors (Lipinski definition) is 4. The van der Waals surface area contributed by atoms with Gasteiger partial charge >= 0.3 is 0 Å². The molecule has 0 unspecified atom stereocenters. The third-order valence-electron chi connectivity index (χ3n) is 2.26. The second-order valence-corrected chi connectivity index (χ2v) is 3.59. The monoisotopic (exact) mass is 219 g/mol. The number of nitrogens with zero attached hydrogens (tertiary/aromatic N) is 1. The lowest BCUT2D eigenvalue weighted by molar-refractivity contribution is 0.258. The predicted molar refractivity (Wildman–Crippen MR) is 57.9 cm³/mol. The maximum absolute atomic E-state index is 9.19. The first-order valence-corrected chi connectivity index (χ1v) is 5.01. The van der Waals surface area contributed by atoms with E-state index in [0.29, 0.717) is 12.4 Å². The lowest BCUT2D eigenvalue weighted by Gasteiger charge is -2.09. The topological polar surface area (TPSA) is 55.5 Å². The van der Waals surface area contributed by atoms with Crippen LogP contribution in [0.4, 0.5) is 0 Å². The molecule has 0 aliphatic heterocycles. The van der Waals surface area contributed by atoms with Crippen LogP contribution in [0, 0.1) is 6.92 Å². The van der Waals surface area contributed by atoms with Gasteiger partial charge in [0.15, 0.2) is 0 Å². The fraction of sp³-hybridized carbons (Fsp3) is 0.250. The third kappa shape index (κ3) is 2.41. The molecule has 2 rings (SSSR count). The summed E-state index contributed by atoms with van der Waals surface area (Å²) < 4.78 is 10.3. The number of aliphatic hydroxyl groups excluding tert-OH is 1. The van der Waals surface area contributed by atoms with Gasteiger partial charge in [-0.3, -0.25) is 0 Å². The maximum Gasteiger partial charge on any atom is 0.130 e. The highest BCUT2D eigenvalue weighted by Gasteiger charge is 2.04. The Kier molecular flexibility index (Phi) is 3.22. The Morgan fingerprint density at radius 3 is 3.00 bits per heavy atom. The molecule has 1 heterocycles. The highest BCUT2D eigenvalue weighted by molar-refractivity contribution is 5.36. The third-order valence-corrected chi connectivity index (χ3v) is 2.26. The van der Waals surface area contributed by atoms with Gasteiger partial charge in [0.1, 0.15) is 18.6 Å². The summed E-state index contributed by atoms with van der Waals surface area (Å²) in [5.74, 6) is 0.689. The molecule has 4 heteroatoms. The van der Waals surface area contributed by atoms with Gasteiger partial charge in [-0.25, -0.2) is 0 Å². The van der Waals surface area contributed by atoms with Crippen LogP contribution in [0.15, 0.2) is 35.2 Å². The summed E-state index contributed by atoms with van der Waals surface area (Å²) in [5.41, 5.74) is 2.75. The molecule has 0 aliphatic carbocycles. The zero-order valence-corrected chi connectivity index (χ0v) is 9.01. The summed E-state index contributed by atoms with van der Waals surface area (Å²) in [6, 6.07) is 5.71. The van der Waals surface area contributed by atoms with Crippen molar-refractivity contribution in [2.45, 2.75) is 20.1 Å². The van der Waals surface area contributed by atoms with Crippen molar-refractivity contribution in [3.05, 3.63) is 47.3 Å². The van der Waals surface area contributed by atoms with E-state index in [1.165, 1.54) is 6.26 Å². The first-order chi connectivity index (χ1) is 7.79. The SMILES string of the molecule is Cc1ccc(OCc2cnoc2)c(CO)c1. The molecule has 1 aromatic carbocycles. The smallest absolute Gasteiger partial charge is 0.130 e. The highest BCUT2D eigenvalue weighted by atomic mass is 16.5. The van der Waals surface area contributed by atoms with E-state index < -0.39 is 0 Å². The summed E-state index contributed by atoms with van der Waals surface area (Å²) in [5, 5.41) is 12.8. The molecule has 1 N–H and O–H groups in total. The minimum absolute atomic E-state index is 0.0271. The molecule has 0 amide bonds. The number of hydrogen-bond donors (Lipinski definition) is 1. The van der Waals surface area contributed by atoms with Crippen LogP contribution in [0.5, 0.6) is 5.75 Å². The average Bonchev–Trinajstić information content (AvgIpc) is 2.80. The fourth-order valence-corrected chi connectivity index (χ4v) is 1.43. The van der Waals surface area contributed by atoms with Crippen molar-refractivity contribution in [2.75, 3.05) is 0 Å². The van der Waals surface area contributed by atoms with Gasteiger partial charge in [0, 0.05) is 11.1 Å². The summed E-state index contributed by atoms with van der Waals surface area (Å²) >= 11 is 0. The highest BCUT2D eigenvalue weighted by Crippen LogP contribution is 2.21. The fourth-order valence-electron chi connectivity index (χ4n) is 1.43. The molecule has 0 fully saturated rings. The first kappa shape index (κ1) is 10.7. The molecule has 84 valence electrons. The van der Waals surface area contributed by atoms with E-state index in [-0.39, 0.29) is 6.61 Å². The number of rotatable bonds is 4. The van der Waals surface area contributed by atoms with Crippen LogP contribution in [-0.2, 0) is 13.2 Å². The minimum Gasteiger partial charge on any atom is -0.488 e. The van der Waals surface area contributed by atoms with Gasteiger partial charge in [0.25, 0.3) is 0 Å². The van der Waals surface area contributed by atoms with Gasteiger partial charge < -0.3 is 14.4 Å². The lowest BCUT2D eigenvalue weighted by Crippen LogP contribution is -1.98. The van der Waals surface area contributed by atoms with Crippen LogP contribution in [0.2, 0.25) is 0 Å². The van der Waals surface area contributed by atoms with E-state index in [2.05, 4.69) is 5.16 Å². The van der Waals surface area contributed by atoms with Gasteiger partial charge in [-0.15, -0.1) is 0 Å². The van der Waals surface area contributed by atoms with Crippen LogP contribution in [0.25, 0.3) is 0 Å². The number of aromatic nitrogens is 1. The molecular weight excluding hydrogens is 206 g/mol. The Hall–Kier alpha value is -1.81. The van der Waals surface area contributed by atoms with E-state index in [9.17, 15) is 5.11 Å². The second kappa shape index (κ2) is 4.81. The normalized spacial score (nSPS) is 10.4. The minimum atomic E-state index is -0.0271. The first-order valence-electron chi connectivity index (χ1n) is 5.01. The standard InChI is InChI=1S/C12H13NO3/c1-9-2-3-12(11(4-9)6-14)15-7-10-5-13-16-8-10/h2-5,8,14H,6-7H2,1H3.